The summed E-state index contributed by atoms with van der Waals surface area (Å²) in [5.41, 5.74) is 0. The van der Waals surface area contributed by atoms with Crippen molar-refractivity contribution in [1.82, 2.24) is 16.0 Å². The van der Waals surface area contributed by atoms with Gasteiger partial charge in [0.05, 0.1) is 0 Å². The number of hydrogen-bond donors (Lipinski definition) is 3. The van der Waals surface area contributed by atoms with Crippen molar-refractivity contribution in [3.05, 3.63) is 0 Å². The number of hydrogen-bond acceptors (Lipinski definition) is 4. The van der Waals surface area contributed by atoms with Gasteiger partial charge in [-0.1, -0.05) is 11.8 Å². The second kappa shape index (κ2) is 5.54. The third kappa shape index (κ3) is 3.12. The Hall–Kier alpha value is -0.750. The van der Waals surface area contributed by atoms with Crippen molar-refractivity contribution in [3.8, 4) is 0 Å². The maximum atomic E-state index is 11.7. The van der Waals surface area contributed by atoms with E-state index in [9.17, 15) is 9.59 Å². The first-order chi connectivity index (χ1) is 7.75. The van der Waals surface area contributed by atoms with Gasteiger partial charge in [-0.05, 0) is 31.8 Å². The molecule has 90 valence electrons. The number of carbonyl (C=O) groups excluding carboxylic acids is 2. The van der Waals surface area contributed by atoms with Gasteiger partial charge in [-0.2, -0.15) is 0 Å². The van der Waals surface area contributed by atoms with Crippen molar-refractivity contribution >= 4 is 22.9 Å². The highest BCUT2D eigenvalue weighted by atomic mass is 32.2. The molecule has 0 radical (unpaired) electrons. The first kappa shape index (κ1) is 11.7. The van der Waals surface area contributed by atoms with Gasteiger partial charge in [0, 0.05) is 12.3 Å². The quantitative estimate of drug-likeness (QED) is 0.649. The Morgan fingerprint density at radius 1 is 1.44 bits per heavy atom. The molecule has 1 unspecified atom stereocenters. The number of carbonyl (C=O) groups is 2. The van der Waals surface area contributed by atoms with Crippen LogP contribution in [0.1, 0.15) is 12.8 Å². The van der Waals surface area contributed by atoms with E-state index >= 15 is 0 Å². The molecule has 2 rings (SSSR count). The number of piperidine rings is 1. The third-order valence-corrected chi connectivity index (χ3v) is 3.89. The lowest BCUT2D eigenvalue weighted by Gasteiger charge is -2.23. The smallest absolute Gasteiger partial charge is 0.279 e. The predicted molar refractivity (Wildman–Crippen MR) is 63.4 cm³/mol. The zero-order valence-electron chi connectivity index (χ0n) is 9.12. The highest BCUT2D eigenvalue weighted by molar-refractivity contribution is 8.14. The average molecular weight is 243 g/mol. The average Bonchev–Trinajstić information content (AvgIpc) is 2.74. The summed E-state index contributed by atoms with van der Waals surface area (Å²) in [4.78, 5) is 22.6. The van der Waals surface area contributed by atoms with E-state index in [1.807, 2.05) is 0 Å². The molecule has 0 aromatic heterocycles. The van der Waals surface area contributed by atoms with Crippen LogP contribution in [-0.4, -0.2) is 42.6 Å². The lowest BCUT2D eigenvalue weighted by Crippen LogP contribution is -2.45. The first-order valence-corrected chi connectivity index (χ1v) is 6.66. The molecular formula is C10H17N3O2S. The van der Waals surface area contributed by atoms with Gasteiger partial charge in [-0.25, -0.2) is 0 Å². The van der Waals surface area contributed by atoms with Crippen molar-refractivity contribution < 1.29 is 9.59 Å². The van der Waals surface area contributed by atoms with Crippen LogP contribution in [-0.2, 0) is 4.79 Å². The molecule has 0 spiro atoms. The molecule has 6 heteroatoms. The zero-order chi connectivity index (χ0) is 11.4. The standard InChI is InChI=1S/C10H17N3O2S/c14-9(8-6-16-10(15)13-8)12-5-7-1-3-11-4-2-7/h7-8,11H,1-6H2,(H,12,14)(H,13,15). The summed E-state index contributed by atoms with van der Waals surface area (Å²) in [5.74, 6) is 1.09. The van der Waals surface area contributed by atoms with Gasteiger partial charge in [0.15, 0.2) is 0 Å². The van der Waals surface area contributed by atoms with Crippen LogP contribution in [0, 0.1) is 5.92 Å². The van der Waals surface area contributed by atoms with E-state index in [4.69, 9.17) is 0 Å². The van der Waals surface area contributed by atoms with Gasteiger partial charge < -0.3 is 16.0 Å². The van der Waals surface area contributed by atoms with Gasteiger partial charge in [-0.15, -0.1) is 0 Å². The van der Waals surface area contributed by atoms with E-state index in [1.165, 1.54) is 11.8 Å². The zero-order valence-corrected chi connectivity index (χ0v) is 9.94. The monoisotopic (exact) mass is 243 g/mol. The molecule has 5 nitrogen and oxygen atoms in total. The minimum absolute atomic E-state index is 0.0446. The van der Waals surface area contributed by atoms with Crippen molar-refractivity contribution in [2.75, 3.05) is 25.4 Å². The highest BCUT2D eigenvalue weighted by Crippen LogP contribution is 2.14. The minimum atomic E-state index is -0.334. The fourth-order valence-electron chi connectivity index (χ4n) is 1.98. The van der Waals surface area contributed by atoms with Crippen LogP contribution >= 0.6 is 11.8 Å². The summed E-state index contributed by atoms with van der Waals surface area (Å²) in [6.07, 6.45) is 2.23. The predicted octanol–water partition coefficient (Wildman–Crippen LogP) is -0.0728. The Kier molecular flexibility index (Phi) is 4.06. The topological polar surface area (TPSA) is 70.2 Å². The van der Waals surface area contributed by atoms with Gasteiger partial charge in [0.2, 0.25) is 5.91 Å². The number of rotatable bonds is 3. The van der Waals surface area contributed by atoms with E-state index in [2.05, 4.69) is 16.0 Å². The van der Waals surface area contributed by atoms with Crippen molar-refractivity contribution in [2.24, 2.45) is 5.92 Å². The molecule has 2 saturated heterocycles. The van der Waals surface area contributed by atoms with Crippen LogP contribution in [0.25, 0.3) is 0 Å². The van der Waals surface area contributed by atoms with E-state index in [1.54, 1.807) is 0 Å². The van der Waals surface area contributed by atoms with Crippen molar-refractivity contribution in [1.29, 1.82) is 0 Å². The number of amides is 2. The fraction of sp³-hybridized carbons (Fsp3) is 0.800. The summed E-state index contributed by atoms with van der Waals surface area (Å²) in [6.45, 7) is 2.81. The van der Waals surface area contributed by atoms with Crippen LogP contribution in [0.3, 0.4) is 0 Å². The van der Waals surface area contributed by atoms with Gasteiger partial charge >= 0.3 is 0 Å². The molecule has 16 heavy (non-hydrogen) atoms. The molecule has 2 aliphatic heterocycles. The molecule has 0 aromatic rings. The second-order valence-electron chi connectivity index (χ2n) is 4.23. The summed E-state index contributed by atoms with van der Waals surface area (Å²) in [5, 5.41) is 8.76. The van der Waals surface area contributed by atoms with Crippen LogP contribution in [0.5, 0.6) is 0 Å². The molecule has 1 atom stereocenters. The fourth-order valence-corrected chi connectivity index (χ4v) is 2.76. The lowest BCUT2D eigenvalue weighted by molar-refractivity contribution is -0.122. The number of nitrogens with one attached hydrogen (secondary N) is 3. The van der Waals surface area contributed by atoms with E-state index in [0.717, 1.165) is 32.5 Å². The lowest BCUT2D eigenvalue weighted by atomic mass is 9.98. The van der Waals surface area contributed by atoms with Gasteiger partial charge in [-0.3, -0.25) is 9.59 Å². The largest absolute Gasteiger partial charge is 0.354 e. The SMILES string of the molecule is O=C1NC(C(=O)NCC2CCNCC2)CS1. The minimum Gasteiger partial charge on any atom is -0.354 e. The first-order valence-electron chi connectivity index (χ1n) is 5.67. The molecule has 2 heterocycles. The van der Waals surface area contributed by atoms with Crippen LogP contribution in [0.15, 0.2) is 0 Å². The van der Waals surface area contributed by atoms with E-state index in [0.29, 0.717) is 11.7 Å². The Labute approximate surface area is 99.1 Å². The summed E-state index contributed by atoms with van der Waals surface area (Å²) >= 11 is 1.17. The Bertz CT molecular complexity index is 279. The van der Waals surface area contributed by atoms with Crippen molar-refractivity contribution in [2.45, 2.75) is 18.9 Å². The Morgan fingerprint density at radius 3 is 2.81 bits per heavy atom. The number of thioether (sulfide) groups is 1. The molecule has 2 amide bonds. The molecular weight excluding hydrogens is 226 g/mol. The van der Waals surface area contributed by atoms with Crippen LogP contribution in [0.2, 0.25) is 0 Å². The van der Waals surface area contributed by atoms with E-state index in [-0.39, 0.29) is 17.2 Å². The highest BCUT2D eigenvalue weighted by Gasteiger charge is 2.28. The Morgan fingerprint density at radius 2 is 2.19 bits per heavy atom. The Balaban J connectivity index is 1.68. The molecule has 0 bridgehead atoms. The molecule has 0 saturated carbocycles. The molecule has 2 aliphatic rings. The molecule has 0 aromatic carbocycles. The molecule has 2 fully saturated rings. The van der Waals surface area contributed by atoms with Gasteiger partial charge in [0.25, 0.3) is 5.24 Å². The molecule has 0 aliphatic carbocycles. The summed E-state index contributed by atoms with van der Waals surface area (Å²) in [7, 11) is 0. The van der Waals surface area contributed by atoms with Crippen molar-refractivity contribution in [3.63, 3.8) is 0 Å². The third-order valence-electron chi connectivity index (χ3n) is 3.01. The summed E-state index contributed by atoms with van der Waals surface area (Å²) in [6, 6.07) is -0.334. The maximum Gasteiger partial charge on any atom is 0.279 e. The van der Waals surface area contributed by atoms with Gasteiger partial charge in [0.1, 0.15) is 6.04 Å². The van der Waals surface area contributed by atoms with Crippen LogP contribution in [0.4, 0.5) is 4.79 Å². The second-order valence-corrected chi connectivity index (χ2v) is 5.23. The maximum absolute atomic E-state index is 11.7. The van der Waals surface area contributed by atoms with Crippen LogP contribution < -0.4 is 16.0 Å². The normalized spacial score (nSPS) is 26.5. The van der Waals surface area contributed by atoms with E-state index < -0.39 is 0 Å². The molecule has 3 N–H and O–H groups in total. The summed E-state index contributed by atoms with van der Waals surface area (Å²) < 4.78 is 0.